The number of hydrogen-bond donors (Lipinski definition) is 1. The highest BCUT2D eigenvalue weighted by Gasteiger charge is 2.36. The molecular formula is C42H70Cl3N5O5S. The summed E-state index contributed by atoms with van der Waals surface area (Å²) in [6.07, 6.45) is 18.5. The molecule has 0 spiro atoms. The predicted molar refractivity (Wildman–Crippen MR) is 235 cm³/mol. The topological polar surface area (TPSA) is 106 Å². The van der Waals surface area contributed by atoms with Crippen molar-refractivity contribution in [3.8, 4) is 0 Å². The lowest BCUT2D eigenvalue weighted by atomic mass is 9.84. The SMILES string of the molecule is CC(C)(C)OC(=O)N1CC[C@@H](OCCCCC2CCc3cccnc3N2[S@](=O)C(C)(C)C)C1.Cl.Cl.Cl.c1cnc2c(c1)CCC(CCCCO[C@@H]1CCNC1)C2. The molecule has 2 fully saturated rings. The van der Waals surface area contributed by atoms with Crippen molar-refractivity contribution in [3.63, 3.8) is 0 Å². The second-order valence-electron chi connectivity index (χ2n) is 17.3. The third-order valence-corrected chi connectivity index (χ3v) is 12.5. The first-order valence-electron chi connectivity index (χ1n) is 20.4. The van der Waals surface area contributed by atoms with Crippen LogP contribution in [-0.2, 0) is 44.5 Å². The normalized spacial score (nSPS) is 22.2. The zero-order valence-electron chi connectivity index (χ0n) is 34.7. The van der Waals surface area contributed by atoms with Gasteiger partial charge in [0, 0.05) is 50.4 Å². The lowest BCUT2D eigenvalue weighted by Gasteiger charge is -2.40. The Labute approximate surface area is 358 Å². The molecule has 5 heterocycles. The fraction of sp³-hybridized carbons (Fsp3) is 0.738. The second kappa shape index (κ2) is 24.4. The van der Waals surface area contributed by atoms with E-state index in [1.165, 1.54) is 61.8 Å². The van der Waals surface area contributed by atoms with Crippen molar-refractivity contribution in [2.45, 2.75) is 154 Å². The molecule has 2 unspecified atom stereocenters. The van der Waals surface area contributed by atoms with E-state index in [4.69, 9.17) is 14.2 Å². The molecule has 0 radical (unpaired) electrons. The van der Waals surface area contributed by atoms with Gasteiger partial charge in [0.25, 0.3) is 0 Å². The smallest absolute Gasteiger partial charge is 0.410 e. The minimum Gasteiger partial charge on any atom is -0.444 e. The fourth-order valence-corrected chi connectivity index (χ4v) is 9.11. The van der Waals surface area contributed by atoms with Crippen molar-refractivity contribution in [2.75, 3.05) is 43.7 Å². The molecule has 56 heavy (non-hydrogen) atoms. The zero-order valence-corrected chi connectivity index (χ0v) is 37.9. The largest absolute Gasteiger partial charge is 0.444 e. The number of hydrogen-bond acceptors (Lipinski definition) is 8. The number of ether oxygens (including phenoxy) is 3. The van der Waals surface area contributed by atoms with E-state index in [-0.39, 0.29) is 60.2 Å². The first-order valence-corrected chi connectivity index (χ1v) is 21.5. The average molecular weight is 863 g/mol. The first-order chi connectivity index (χ1) is 25.4. The van der Waals surface area contributed by atoms with Gasteiger partial charge < -0.3 is 24.4 Å². The lowest BCUT2D eigenvalue weighted by molar-refractivity contribution is 0.0206. The van der Waals surface area contributed by atoms with Crippen molar-refractivity contribution >= 4 is 60.1 Å². The number of aromatic nitrogens is 2. The number of carbonyl (C=O) groups is 1. The van der Waals surface area contributed by atoms with E-state index in [0.29, 0.717) is 25.8 Å². The van der Waals surface area contributed by atoms with Gasteiger partial charge in [0.1, 0.15) is 22.4 Å². The Bertz CT molecular complexity index is 1470. The van der Waals surface area contributed by atoms with Crippen molar-refractivity contribution in [1.82, 2.24) is 20.2 Å². The summed E-state index contributed by atoms with van der Waals surface area (Å²) in [5, 5.41) is 3.34. The Hall–Kier alpha value is -1.73. The Balaban J connectivity index is 0.000000405. The number of fused-ring (bicyclic) bond motifs is 2. The van der Waals surface area contributed by atoms with Crippen LogP contribution in [0.5, 0.6) is 0 Å². The number of anilines is 1. The summed E-state index contributed by atoms with van der Waals surface area (Å²) in [4.78, 5) is 23.1. The Kier molecular flexibility index (Phi) is 21.9. The molecule has 320 valence electrons. The fourth-order valence-electron chi connectivity index (χ4n) is 7.72. The molecule has 2 aromatic heterocycles. The number of nitrogens with zero attached hydrogens (tertiary/aromatic N) is 4. The van der Waals surface area contributed by atoms with Gasteiger partial charge in [0.15, 0.2) is 0 Å². The van der Waals surface area contributed by atoms with Crippen molar-refractivity contribution in [3.05, 3.63) is 53.5 Å². The van der Waals surface area contributed by atoms with Gasteiger partial charge in [-0.1, -0.05) is 18.6 Å². The van der Waals surface area contributed by atoms with Gasteiger partial charge in [0.05, 0.1) is 23.5 Å². The van der Waals surface area contributed by atoms with Crippen LogP contribution in [0.15, 0.2) is 36.7 Å². The van der Waals surface area contributed by atoms with E-state index in [0.717, 1.165) is 70.0 Å². The molecule has 0 saturated carbocycles. The molecule has 0 bridgehead atoms. The van der Waals surface area contributed by atoms with Crippen LogP contribution in [0.25, 0.3) is 0 Å². The van der Waals surface area contributed by atoms with Crippen molar-refractivity contribution in [1.29, 1.82) is 0 Å². The number of nitrogens with one attached hydrogen (secondary N) is 1. The molecule has 4 aliphatic rings. The molecule has 0 aromatic carbocycles. The zero-order chi connectivity index (χ0) is 37.8. The number of amides is 1. The Morgan fingerprint density at radius 3 is 2.18 bits per heavy atom. The highest BCUT2D eigenvalue weighted by molar-refractivity contribution is 7.87. The third kappa shape index (κ3) is 15.8. The van der Waals surface area contributed by atoms with Crippen LogP contribution in [0.4, 0.5) is 10.6 Å². The van der Waals surface area contributed by atoms with Crippen LogP contribution in [0.1, 0.15) is 123 Å². The summed E-state index contributed by atoms with van der Waals surface area (Å²) in [6.45, 7) is 16.8. The number of pyridine rings is 2. The standard InChI is InChI=1S/C25H41N3O4S.C17H26N2O.3ClH/c1-24(2,3)32-23(29)27-16-14-21(18-27)31-17-8-7-11-20-13-12-19-10-9-15-26-22(19)28(20)33(30)25(4,5)6;1(2-11-20-16-8-10-18-13-16)4-14-6-7-15-5-3-9-19-17(15)12-14;;;/h9-10,15,20-21H,7-8,11-14,16-18H2,1-6H3;3,5,9,14,16,18H,1-2,4,6-8,10-13H2;3*1H/t20?,21-,33-;14?,16-;;;/m11.../s1. The van der Waals surface area contributed by atoms with E-state index in [2.05, 4.69) is 37.8 Å². The maximum atomic E-state index is 13.4. The summed E-state index contributed by atoms with van der Waals surface area (Å²) in [5.74, 6) is 1.72. The predicted octanol–water partition coefficient (Wildman–Crippen LogP) is 8.86. The molecule has 6 rings (SSSR count). The number of likely N-dealkylation sites (tertiary alicyclic amines) is 1. The van der Waals surface area contributed by atoms with Crippen LogP contribution in [0, 0.1) is 5.92 Å². The maximum Gasteiger partial charge on any atom is 0.410 e. The molecule has 3 aliphatic heterocycles. The summed E-state index contributed by atoms with van der Waals surface area (Å²) < 4.78 is 32.5. The molecule has 2 aromatic rings. The molecule has 1 aliphatic carbocycles. The minimum absolute atomic E-state index is 0. The monoisotopic (exact) mass is 861 g/mol. The highest BCUT2D eigenvalue weighted by atomic mass is 35.5. The summed E-state index contributed by atoms with van der Waals surface area (Å²) in [5.41, 5.74) is 3.53. The quantitative estimate of drug-likeness (QED) is 0.199. The Morgan fingerprint density at radius 2 is 1.50 bits per heavy atom. The third-order valence-electron chi connectivity index (χ3n) is 10.6. The van der Waals surface area contributed by atoms with Gasteiger partial charge in [-0.2, -0.15) is 0 Å². The van der Waals surface area contributed by atoms with E-state index in [9.17, 15) is 9.00 Å². The van der Waals surface area contributed by atoms with Gasteiger partial charge in [-0.15, -0.1) is 37.2 Å². The minimum atomic E-state index is -1.15. The molecule has 2 saturated heterocycles. The maximum absolute atomic E-state index is 13.4. The molecule has 1 N–H and O–H groups in total. The van der Waals surface area contributed by atoms with Crippen LogP contribution in [0.3, 0.4) is 0 Å². The van der Waals surface area contributed by atoms with Crippen molar-refractivity contribution in [2.24, 2.45) is 5.92 Å². The summed E-state index contributed by atoms with van der Waals surface area (Å²) in [7, 11) is -1.15. The van der Waals surface area contributed by atoms with E-state index in [1.54, 1.807) is 11.1 Å². The average Bonchev–Trinajstić information content (AvgIpc) is 3.83. The van der Waals surface area contributed by atoms with Crippen LogP contribution >= 0.6 is 37.2 Å². The Morgan fingerprint density at radius 1 is 0.839 bits per heavy atom. The number of unbranched alkanes of at least 4 members (excludes halogenated alkanes) is 2. The number of aryl methyl sites for hydroxylation is 2. The molecule has 10 nitrogen and oxygen atoms in total. The summed E-state index contributed by atoms with van der Waals surface area (Å²) in [6, 6.07) is 8.58. The molecule has 14 heteroatoms. The molecule has 1 amide bonds. The van der Waals surface area contributed by atoms with Gasteiger partial charge in [-0.25, -0.2) is 14.0 Å². The van der Waals surface area contributed by atoms with Gasteiger partial charge in [0.2, 0.25) is 0 Å². The van der Waals surface area contributed by atoms with E-state index < -0.39 is 16.6 Å². The molecular weight excluding hydrogens is 793 g/mol. The van der Waals surface area contributed by atoms with Crippen LogP contribution in [-0.4, -0.2) is 93.2 Å². The van der Waals surface area contributed by atoms with Gasteiger partial charge in [-0.05, 0) is 154 Å². The van der Waals surface area contributed by atoms with Crippen molar-refractivity contribution < 1.29 is 23.2 Å². The summed E-state index contributed by atoms with van der Waals surface area (Å²) >= 11 is 0. The highest BCUT2D eigenvalue weighted by Crippen LogP contribution is 2.35. The lowest BCUT2D eigenvalue weighted by Crippen LogP contribution is -2.47. The van der Waals surface area contributed by atoms with E-state index in [1.807, 2.05) is 53.8 Å². The van der Waals surface area contributed by atoms with Crippen LogP contribution in [0.2, 0.25) is 0 Å². The van der Waals surface area contributed by atoms with Gasteiger partial charge >= 0.3 is 6.09 Å². The first kappa shape index (κ1) is 50.4. The molecule has 5 atom stereocenters. The van der Waals surface area contributed by atoms with Gasteiger partial charge in [-0.3, -0.25) is 9.29 Å². The second-order valence-corrected chi connectivity index (χ2v) is 19.4. The van der Waals surface area contributed by atoms with Crippen LogP contribution < -0.4 is 9.62 Å². The van der Waals surface area contributed by atoms with E-state index >= 15 is 0 Å². The number of rotatable bonds is 13. The number of carbonyl (C=O) groups excluding carboxylic acids is 1. The number of halogens is 3.